The fourth-order valence-corrected chi connectivity index (χ4v) is 2.35. The summed E-state index contributed by atoms with van der Waals surface area (Å²) in [6, 6.07) is 1.84. The number of anilines is 1. The average Bonchev–Trinajstić information content (AvgIpc) is 3.07. The predicted molar refractivity (Wildman–Crippen MR) is 70.6 cm³/mol. The van der Waals surface area contributed by atoms with Crippen LogP contribution in [0, 0.1) is 12.8 Å². The van der Waals surface area contributed by atoms with Crippen LogP contribution < -0.4 is 10.6 Å². The monoisotopic (exact) mass is 262 g/mol. The fraction of sp³-hybridized carbons (Fsp3) is 0.583. The summed E-state index contributed by atoms with van der Waals surface area (Å²) in [5.41, 5.74) is 6.52. The molecule has 19 heavy (non-hydrogen) atoms. The van der Waals surface area contributed by atoms with E-state index in [0.717, 1.165) is 44.1 Å². The summed E-state index contributed by atoms with van der Waals surface area (Å²) in [5, 5.41) is 11.0. The molecule has 2 aromatic rings. The SMILES string of the molecule is Cc1cc(-c2nc(N3CCC(CN)CC3)n[nH]2)on1. The molecule has 3 rings (SSSR count). The molecule has 2 aromatic heterocycles. The molecule has 0 unspecified atom stereocenters. The first-order valence-electron chi connectivity index (χ1n) is 6.57. The van der Waals surface area contributed by atoms with Crippen LogP contribution in [0.4, 0.5) is 5.95 Å². The molecule has 0 atom stereocenters. The Bertz CT molecular complexity index is 540. The van der Waals surface area contributed by atoms with Gasteiger partial charge >= 0.3 is 0 Å². The molecule has 3 N–H and O–H groups in total. The number of aromatic amines is 1. The van der Waals surface area contributed by atoms with Crippen molar-refractivity contribution >= 4 is 5.95 Å². The molecule has 1 saturated heterocycles. The maximum Gasteiger partial charge on any atom is 0.245 e. The maximum atomic E-state index is 5.69. The molecule has 0 aliphatic carbocycles. The zero-order valence-corrected chi connectivity index (χ0v) is 11.0. The molecule has 0 radical (unpaired) electrons. The van der Waals surface area contributed by atoms with Crippen molar-refractivity contribution in [3.8, 4) is 11.6 Å². The van der Waals surface area contributed by atoms with E-state index in [2.05, 4.69) is 25.2 Å². The van der Waals surface area contributed by atoms with Crippen molar-refractivity contribution in [2.45, 2.75) is 19.8 Å². The Morgan fingerprint density at radius 1 is 1.47 bits per heavy atom. The van der Waals surface area contributed by atoms with E-state index < -0.39 is 0 Å². The highest BCUT2D eigenvalue weighted by atomic mass is 16.5. The number of aromatic nitrogens is 4. The average molecular weight is 262 g/mol. The van der Waals surface area contributed by atoms with Gasteiger partial charge in [0.1, 0.15) is 0 Å². The van der Waals surface area contributed by atoms with Crippen LogP contribution >= 0.6 is 0 Å². The van der Waals surface area contributed by atoms with Crippen LogP contribution in [-0.2, 0) is 0 Å². The highest BCUT2D eigenvalue weighted by Crippen LogP contribution is 2.22. The topological polar surface area (TPSA) is 96.9 Å². The lowest BCUT2D eigenvalue weighted by Crippen LogP contribution is -2.36. The van der Waals surface area contributed by atoms with Gasteiger partial charge in [0.05, 0.1) is 5.69 Å². The van der Waals surface area contributed by atoms with Crippen molar-refractivity contribution in [1.82, 2.24) is 20.3 Å². The summed E-state index contributed by atoms with van der Waals surface area (Å²) in [4.78, 5) is 6.64. The normalized spacial score (nSPS) is 17.1. The van der Waals surface area contributed by atoms with Crippen LogP contribution in [0.25, 0.3) is 11.6 Å². The third-order valence-corrected chi connectivity index (χ3v) is 3.57. The second kappa shape index (κ2) is 5.00. The lowest BCUT2D eigenvalue weighted by atomic mass is 9.97. The Kier molecular flexibility index (Phi) is 3.20. The molecule has 0 saturated carbocycles. The molecule has 3 heterocycles. The standard InChI is InChI=1S/C12H18N6O/c1-8-6-10(19-17-8)11-14-12(16-15-11)18-4-2-9(7-13)3-5-18/h6,9H,2-5,7,13H2,1H3,(H,14,15,16). The zero-order valence-electron chi connectivity index (χ0n) is 11.0. The van der Waals surface area contributed by atoms with Crippen LogP contribution in [0.3, 0.4) is 0 Å². The van der Waals surface area contributed by atoms with Gasteiger partial charge in [0, 0.05) is 19.2 Å². The number of rotatable bonds is 3. The first kappa shape index (κ1) is 12.2. The molecule has 1 fully saturated rings. The minimum Gasteiger partial charge on any atom is -0.353 e. The van der Waals surface area contributed by atoms with Crippen molar-refractivity contribution in [3.05, 3.63) is 11.8 Å². The van der Waals surface area contributed by atoms with Gasteiger partial charge in [0.15, 0.2) is 5.82 Å². The van der Waals surface area contributed by atoms with Gasteiger partial charge in [-0.2, -0.15) is 4.98 Å². The van der Waals surface area contributed by atoms with E-state index in [1.165, 1.54) is 0 Å². The lowest BCUT2D eigenvalue weighted by Gasteiger charge is -2.30. The second-order valence-corrected chi connectivity index (χ2v) is 4.98. The van der Waals surface area contributed by atoms with Crippen LogP contribution in [-0.4, -0.2) is 40.0 Å². The zero-order chi connectivity index (χ0) is 13.2. The maximum absolute atomic E-state index is 5.69. The Hall–Kier alpha value is -1.89. The van der Waals surface area contributed by atoms with Gasteiger partial charge in [-0.1, -0.05) is 5.16 Å². The summed E-state index contributed by atoms with van der Waals surface area (Å²) in [6.45, 7) is 4.55. The summed E-state index contributed by atoms with van der Waals surface area (Å²) in [6.07, 6.45) is 2.20. The Morgan fingerprint density at radius 2 is 2.26 bits per heavy atom. The minimum absolute atomic E-state index is 0.619. The number of H-pyrrole nitrogens is 1. The molecule has 102 valence electrons. The molecule has 1 aliphatic rings. The summed E-state index contributed by atoms with van der Waals surface area (Å²) in [7, 11) is 0. The molecule has 7 heteroatoms. The number of nitrogens with one attached hydrogen (secondary N) is 1. The Labute approximate surface area is 111 Å². The van der Waals surface area contributed by atoms with E-state index in [0.29, 0.717) is 17.5 Å². The molecule has 0 bridgehead atoms. The second-order valence-electron chi connectivity index (χ2n) is 4.98. The molecule has 1 aliphatic heterocycles. The first-order valence-corrected chi connectivity index (χ1v) is 6.57. The van der Waals surface area contributed by atoms with Gasteiger partial charge in [-0.3, -0.25) is 5.10 Å². The largest absolute Gasteiger partial charge is 0.353 e. The van der Waals surface area contributed by atoms with E-state index in [1.54, 1.807) is 0 Å². The number of hydrogen-bond acceptors (Lipinski definition) is 6. The van der Waals surface area contributed by atoms with Gasteiger partial charge in [-0.25, -0.2) is 0 Å². The molecule has 7 nitrogen and oxygen atoms in total. The fourth-order valence-electron chi connectivity index (χ4n) is 2.35. The van der Waals surface area contributed by atoms with Crippen molar-refractivity contribution in [3.63, 3.8) is 0 Å². The van der Waals surface area contributed by atoms with Crippen molar-refractivity contribution in [2.75, 3.05) is 24.5 Å². The minimum atomic E-state index is 0.619. The van der Waals surface area contributed by atoms with Crippen LogP contribution in [0.5, 0.6) is 0 Å². The van der Waals surface area contributed by atoms with E-state index in [1.807, 2.05) is 13.0 Å². The molecule has 0 aromatic carbocycles. The lowest BCUT2D eigenvalue weighted by molar-refractivity contribution is 0.411. The summed E-state index contributed by atoms with van der Waals surface area (Å²) < 4.78 is 5.17. The number of piperidine rings is 1. The van der Waals surface area contributed by atoms with Gasteiger partial charge in [-0.05, 0) is 32.2 Å². The highest BCUT2D eigenvalue weighted by molar-refractivity contribution is 5.49. The number of nitrogens with two attached hydrogens (primary N) is 1. The Balaban J connectivity index is 1.72. The van der Waals surface area contributed by atoms with Crippen LogP contribution in [0.2, 0.25) is 0 Å². The first-order chi connectivity index (χ1) is 9.26. The van der Waals surface area contributed by atoms with E-state index >= 15 is 0 Å². The van der Waals surface area contributed by atoms with Crippen LogP contribution in [0.1, 0.15) is 18.5 Å². The number of aryl methyl sites for hydroxylation is 1. The van der Waals surface area contributed by atoms with Gasteiger partial charge in [-0.15, -0.1) is 5.10 Å². The predicted octanol–water partition coefficient (Wildman–Crippen LogP) is 0.943. The molecule has 0 spiro atoms. The Morgan fingerprint density at radius 3 is 2.89 bits per heavy atom. The van der Waals surface area contributed by atoms with Crippen molar-refractivity contribution < 1.29 is 4.52 Å². The number of nitrogens with zero attached hydrogens (tertiary/aromatic N) is 4. The highest BCUT2D eigenvalue weighted by Gasteiger charge is 2.21. The molecular weight excluding hydrogens is 244 g/mol. The van der Waals surface area contributed by atoms with Gasteiger partial charge < -0.3 is 15.2 Å². The number of hydrogen-bond donors (Lipinski definition) is 2. The summed E-state index contributed by atoms with van der Waals surface area (Å²) >= 11 is 0. The van der Waals surface area contributed by atoms with Crippen molar-refractivity contribution in [1.29, 1.82) is 0 Å². The van der Waals surface area contributed by atoms with Crippen molar-refractivity contribution in [2.24, 2.45) is 11.7 Å². The summed E-state index contributed by atoms with van der Waals surface area (Å²) in [5.74, 6) is 2.59. The quantitative estimate of drug-likeness (QED) is 0.854. The van der Waals surface area contributed by atoms with Gasteiger partial charge in [0.25, 0.3) is 0 Å². The van der Waals surface area contributed by atoms with E-state index in [-0.39, 0.29) is 0 Å². The third-order valence-electron chi connectivity index (χ3n) is 3.57. The smallest absolute Gasteiger partial charge is 0.245 e. The molecular formula is C12H18N6O. The van der Waals surface area contributed by atoms with Crippen LogP contribution in [0.15, 0.2) is 10.6 Å². The van der Waals surface area contributed by atoms with E-state index in [4.69, 9.17) is 10.3 Å². The molecule has 0 amide bonds. The third kappa shape index (κ3) is 2.46. The van der Waals surface area contributed by atoms with E-state index in [9.17, 15) is 0 Å². The van der Waals surface area contributed by atoms with Gasteiger partial charge in [0.2, 0.25) is 11.7 Å².